The number of rotatable bonds is 5. The Labute approximate surface area is 143 Å². The van der Waals surface area contributed by atoms with Gasteiger partial charge in [-0.25, -0.2) is 0 Å². The van der Waals surface area contributed by atoms with Gasteiger partial charge in [-0.1, -0.05) is 51.1 Å². The Bertz CT molecular complexity index is 629. The van der Waals surface area contributed by atoms with Gasteiger partial charge in [0.05, 0.1) is 11.8 Å². The Morgan fingerprint density at radius 3 is 2.46 bits per heavy atom. The number of carbonyl (C=O) groups is 2. The molecule has 1 aromatic carbocycles. The van der Waals surface area contributed by atoms with E-state index in [-0.39, 0.29) is 11.9 Å². The summed E-state index contributed by atoms with van der Waals surface area (Å²) in [6.07, 6.45) is 0. The fourth-order valence-corrected chi connectivity index (χ4v) is 4.09. The van der Waals surface area contributed by atoms with Crippen LogP contribution in [0.3, 0.4) is 0 Å². The molecule has 0 aromatic heterocycles. The van der Waals surface area contributed by atoms with Crippen molar-refractivity contribution in [1.29, 1.82) is 0 Å². The van der Waals surface area contributed by atoms with E-state index in [0.29, 0.717) is 5.92 Å². The highest BCUT2D eigenvalue weighted by molar-refractivity contribution is 5.91. The lowest BCUT2D eigenvalue weighted by atomic mass is 10.1. The molecule has 0 spiro atoms. The van der Waals surface area contributed by atoms with Crippen LogP contribution in [-0.2, 0) is 16.1 Å². The zero-order valence-corrected chi connectivity index (χ0v) is 14.5. The summed E-state index contributed by atoms with van der Waals surface area (Å²) in [6, 6.07) is 10.4. The molecule has 1 heterocycles. The van der Waals surface area contributed by atoms with Crippen LogP contribution < -0.4 is 5.32 Å². The van der Waals surface area contributed by atoms with E-state index in [0.717, 1.165) is 19.6 Å². The lowest BCUT2D eigenvalue weighted by molar-refractivity contribution is -0.140. The first kappa shape index (κ1) is 17.0. The van der Waals surface area contributed by atoms with Crippen molar-refractivity contribution < 1.29 is 14.7 Å². The van der Waals surface area contributed by atoms with Gasteiger partial charge in [-0.2, -0.15) is 0 Å². The fraction of sp³-hybridized carbons (Fsp3) is 0.579. The second-order valence-corrected chi connectivity index (χ2v) is 7.89. The summed E-state index contributed by atoms with van der Waals surface area (Å²) < 4.78 is 0. The van der Waals surface area contributed by atoms with Crippen LogP contribution in [0.15, 0.2) is 30.3 Å². The third-order valence-electron chi connectivity index (χ3n) is 5.64. The molecule has 1 amide bonds. The quantitative estimate of drug-likeness (QED) is 0.866. The van der Waals surface area contributed by atoms with Crippen molar-refractivity contribution in [2.24, 2.45) is 23.2 Å². The van der Waals surface area contributed by atoms with Gasteiger partial charge in [-0.15, -0.1) is 0 Å². The van der Waals surface area contributed by atoms with Crippen molar-refractivity contribution in [3.8, 4) is 0 Å². The molecule has 2 aliphatic rings. The minimum Gasteiger partial charge on any atom is -0.481 e. The van der Waals surface area contributed by atoms with E-state index in [1.807, 2.05) is 32.0 Å². The molecule has 24 heavy (non-hydrogen) atoms. The maximum absolute atomic E-state index is 12.5. The Morgan fingerprint density at radius 1 is 1.21 bits per heavy atom. The molecule has 5 heteroatoms. The van der Waals surface area contributed by atoms with Crippen LogP contribution in [0, 0.1) is 23.2 Å². The first-order chi connectivity index (χ1) is 11.3. The van der Waals surface area contributed by atoms with Gasteiger partial charge in [0.15, 0.2) is 0 Å². The minimum absolute atomic E-state index is 0.0899. The van der Waals surface area contributed by atoms with Gasteiger partial charge in [-0.05, 0) is 16.9 Å². The number of benzene rings is 1. The van der Waals surface area contributed by atoms with Crippen molar-refractivity contribution in [2.75, 3.05) is 13.1 Å². The molecule has 130 valence electrons. The van der Waals surface area contributed by atoms with E-state index in [1.165, 1.54) is 5.56 Å². The molecule has 3 rings (SSSR count). The van der Waals surface area contributed by atoms with Crippen molar-refractivity contribution in [3.05, 3.63) is 35.9 Å². The monoisotopic (exact) mass is 330 g/mol. The van der Waals surface area contributed by atoms with Crippen LogP contribution in [0.2, 0.25) is 0 Å². The van der Waals surface area contributed by atoms with E-state index >= 15 is 0 Å². The summed E-state index contributed by atoms with van der Waals surface area (Å²) in [5, 5.41) is 12.3. The average Bonchev–Trinajstić information content (AvgIpc) is 2.95. The first-order valence-electron chi connectivity index (χ1n) is 8.60. The number of aliphatic carboxylic acids is 1. The SMILES string of the molecule is CC1CN(Cc2ccccc2)CC1NC(=O)[C@@H]1[C@H](C(=O)O)C1(C)C. The highest BCUT2D eigenvalue weighted by Gasteiger charge is 2.66. The molecule has 1 aliphatic heterocycles. The summed E-state index contributed by atoms with van der Waals surface area (Å²) >= 11 is 0. The number of likely N-dealkylation sites (tertiary alicyclic amines) is 1. The average molecular weight is 330 g/mol. The molecule has 1 aliphatic carbocycles. The lowest BCUT2D eigenvalue weighted by Gasteiger charge is -2.18. The van der Waals surface area contributed by atoms with E-state index in [1.54, 1.807) is 0 Å². The third kappa shape index (κ3) is 3.18. The summed E-state index contributed by atoms with van der Waals surface area (Å²) in [4.78, 5) is 26.1. The molecule has 0 bridgehead atoms. The van der Waals surface area contributed by atoms with Gasteiger partial charge in [0.2, 0.25) is 5.91 Å². The largest absolute Gasteiger partial charge is 0.481 e. The molecule has 2 fully saturated rings. The second kappa shape index (κ2) is 6.20. The number of nitrogens with one attached hydrogen (secondary N) is 1. The molecule has 1 saturated carbocycles. The Morgan fingerprint density at radius 2 is 1.88 bits per heavy atom. The highest BCUT2D eigenvalue weighted by atomic mass is 16.4. The summed E-state index contributed by atoms with van der Waals surface area (Å²) in [6.45, 7) is 8.49. The third-order valence-corrected chi connectivity index (χ3v) is 5.64. The number of nitrogens with zero attached hydrogens (tertiary/aromatic N) is 1. The molecule has 2 N–H and O–H groups in total. The number of amides is 1. The summed E-state index contributed by atoms with van der Waals surface area (Å²) in [5.74, 6) is -1.58. The molecule has 2 unspecified atom stereocenters. The number of carbonyl (C=O) groups excluding carboxylic acids is 1. The fourth-order valence-electron chi connectivity index (χ4n) is 4.09. The summed E-state index contributed by atoms with van der Waals surface area (Å²) in [5.41, 5.74) is 0.826. The van der Waals surface area contributed by atoms with Gasteiger partial charge < -0.3 is 10.4 Å². The van der Waals surface area contributed by atoms with Crippen LogP contribution in [0.4, 0.5) is 0 Å². The highest BCUT2D eigenvalue weighted by Crippen LogP contribution is 2.58. The molecule has 0 radical (unpaired) electrons. The zero-order chi connectivity index (χ0) is 17.5. The predicted octanol–water partition coefficient (Wildman–Crippen LogP) is 1.98. The number of hydrogen-bond donors (Lipinski definition) is 2. The van der Waals surface area contributed by atoms with Crippen molar-refractivity contribution in [1.82, 2.24) is 10.2 Å². The van der Waals surface area contributed by atoms with Crippen molar-refractivity contribution >= 4 is 11.9 Å². The normalized spacial score (nSPS) is 31.6. The number of carboxylic acids is 1. The molecule has 5 nitrogen and oxygen atoms in total. The Hall–Kier alpha value is -1.88. The smallest absolute Gasteiger partial charge is 0.307 e. The maximum atomic E-state index is 12.5. The number of carboxylic acid groups (broad SMARTS) is 1. The predicted molar refractivity (Wildman–Crippen MR) is 91.2 cm³/mol. The molecule has 1 saturated heterocycles. The molecular weight excluding hydrogens is 304 g/mol. The van der Waals surface area contributed by atoms with Crippen LogP contribution in [0.25, 0.3) is 0 Å². The van der Waals surface area contributed by atoms with Crippen LogP contribution in [0.1, 0.15) is 26.3 Å². The zero-order valence-electron chi connectivity index (χ0n) is 14.5. The molecule has 4 atom stereocenters. The van der Waals surface area contributed by atoms with E-state index < -0.39 is 23.2 Å². The molecular formula is C19H26N2O3. The van der Waals surface area contributed by atoms with Gasteiger partial charge in [-0.3, -0.25) is 14.5 Å². The maximum Gasteiger partial charge on any atom is 0.307 e. The van der Waals surface area contributed by atoms with Crippen LogP contribution >= 0.6 is 0 Å². The van der Waals surface area contributed by atoms with E-state index in [9.17, 15) is 14.7 Å². The van der Waals surface area contributed by atoms with E-state index in [2.05, 4.69) is 29.3 Å². The van der Waals surface area contributed by atoms with Gasteiger partial charge >= 0.3 is 5.97 Å². The lowest BCUT2D eigenvalue weighted by Crippen LogP contribution is -2.41. The van der Waals surface area contributed by atoms with E-state index in [4.69, 9.17) is 0 Å². The van der Waals surface area contributed by atoms with Crippen LogP contribution in [0.5, 0.6) is 0 Å². The van der Waals surface area contributed by atoms with Crippen molar-refractivity contribution in [2.45, 2.75) is 33.4 Å². The second-order valence-electron chi connectivity index (χ2n) is 7.89. The van der Waals surface area contributed by atoms with Crippen LogP contribution in [-0.4, -0.2) is 41.0 Å². The van der Waals surface area contributed by atoms with Gasteiger partial charge in [0.1, 0.15) is 0 Å². The topological polar surface area (TPSA) is 69.6 Å². The molecule has 1 aromatic rings. The van der Waals surface area contributed by atoms with Gasteiger partial charge in [0, 0.05) is 25.7 Å². The summed E-state index contributed by atoms with van der Waals surface area (Å²) in [7, 11) is 0. The Balaban J connectivity index is 1.56. The standard InChI is InChI=1S/C19H26N2O3/c1-12-9-21(10-13-7-5-4-6-8-13)11-14(12)20-17(22)15-16(18(23)24)19(15,2)3/h4-8,12,14-16H,9-11H2,1-3H3,(H,20,22)(H,23,24)/t12?,14?,15-,16+/m0/s1. The van der Waals surface area contributed by atoms with Gasteiger partial charge in [0.25, 0.3) is 0 Å². The minimum atomic E-state index is -0.870. The Kier molecular flexibility index (Phi) is 4.38. The first-order valence-corrected chi connectivity index (χ1v) is 8.60. The van der Waals surface area contributed by atoms with Crippen molar-refractivity contribution in [3.63, 3.8) is 0 Å². The number of hydrogen-bond acceptors (Lipinski definition) is 3.